The maximum atomic E-state index is 12.8. The monoisotopic (exact) mass is 160 g/mol. The van der Waals surface area contributed by atoms with Crippen LogP contribution in [0, 0.1) is 5.92 Å². The summed E-state index contributed by atoms with van der Waals surface area (Å²) in [6, 6.07) is 0. The van der Waals surface area contributed by atoms with Gasteiger partial charge < -0.3 is 5.11 Å². The molecule has 1 nitrogen and oxygen atoms in total. The van der Waals surface area contributed by atoms with Crippen molar-refractivity contribution < 1.29 is 13.9 Å². The van der Waals surface area contributed by atoms with Gasteiger partial charge >= 0.3 is 0 Å². The molecule has 0 amide bonds. The van der Waals surface area contributed by atoms with Crippen molar-refractivity contribution in [3.05, 3.63) is 24.3 Å². The largest absolute Gasteiger partial charge is 0.396 e. The molecule has 0 unspecified atom stereocenters. The summed E-state index contributed by atoms with van der Waals surface area (Å²) >= 11 is 0. The predicted molar refractivity (Wildman–Crippen MR) is 38.4 cm³/mol. The van der Waals surface area contributed by atoms with E-state index >= 15 is 0 Å². The molecule has 0 saturated heterocycles. The molecule has 1 atom stereocenters. The first-order valence-electron chi connectivity index (χ1n) is 3.51. The minimum Gasteiger partial charge on any atom is -0.396 e. The Morgan fingerprint density at radius 2 is 2.09 bits per heavy atom. The Morgan fingerprint density at radius 3 is 2.64 bits per heavy atom. The zero-order valence-corrected chi connectivity index (χ0v) is 6.00. The molecule has 0 bridgehead atoms. The van der Waals surface area contributed by atoms with Crippen LogP contribution in [0.2, 0.25) is 0 Å². The second kappa shape index (κ2) is 3.13. The van der Waals surface area contributed by atoms with E-state index in [4.69, 9.17) is 5.11 Å². The number of halogens is 2. The van der Waals surface area contributed by atoms with Crippen molar-refractivity contribution in [2.24, 2.45) is 5.92 Å². The number of alkyl halides is 2. The van der Waals surface area contributed by atoms with Gasteiger partial charge in [0.2, 0.25) is 0 Å². The van der Waals surface area contributed by atoms with Crippen LogP contribution in [0.4, 0.5) is 8.78 Å². The summed E-state index contributed by atoms with van der Waals surface area (Å²) in [7, 11) is 0. The van der Waals surface area contributed by atoms with Crippen LogP contribution >= 0.6 is 0 Å². The fourth-order valence-corrected chi connectivity index (χ4v) is 1.06. The number of aliphatic hydroxyl groups excluding tert-OH is 1. The van der Waals surface area contributed by atoms with Crippen molar-refractivity contribution in [1.29, 1.82) is 0 Å². The van der Waals surface area contributed by atoms with Gasteiger partial charge in [-0.25, -0.2) is 8.78 Å². The van der Waals surface area contributed by atoms with Gasteiger partial charge in [-0.3, -0.25) is 0 Å². The molecule has 0 fully saturated rings. The zero-order chi connectivity index (χ0) is 8.32. The molecular weight excluding hydrogens is 150 g/mol. The predicted octanol–water partition coefficient (Wildman–Crippen LogP) is 1.75. The van der Waals surface area contributed by atoms with Crippen LogP contribution in [-0.4, -0.2) is 17.6 Å². The molecule has 0 aromatic rings. The Kier molecular flexibility index (Phi) is 2.39. The lowest BCUT2D eigenvalue weighted by molar-refractivity contribution is 0.000249. The highest BCUT2D eigenvalue weighted by molar-refractivity contribution is 5.18. The maximum absolute atomic E-state index is 12.8. The van der Waals surface area contributed by atoms with E-state index in [2.05, 4.69) is 0 Å². The van der Waals surface area contributed by atoms with Crippen molar-refractivity contribution >= 4 is 0 Å². The van der Waals surface area contributed by atoms with E-state index in [-0.39, 0.29) is 13.0 Å². The lowest BCUT2D eigenvalue weighted by Gasteiger charge is -2.22. The third kappa shape index (κ3) is 1.87. The number of hydrogen-bond donors (Lipinski definition) is 1. The van der Waals surface area contributed by atoms with Crippen LogP contribution in [0.1, 0.15) is 6.42 Å². The highest BCUT2D eigenvalue weighted by atomic mass is 19.3. The molecule has 11 heavy (non-hydrogen) atoms. The van der Waals surface area contributed by atoms with Crippen molar-refractivity contribution in [2.45, 2.75) is 12.3 Å². The fraction of sp³-hybridized carbons (Fsp3) is 0.500. The molecule has 1 aliphatic carbocycles. The molecular formula is C8H10F2O. The lowest BCUT2D eigenvalue weighted by Crippen LogP contribution is -2.26. The molecule has 1 rings (SSSR count). The highest BCUT2D eigenvalue weighted by Crippen LogP contribution is 2.32. The second-order valence-electron chi connectivity index (χ2n) is 2.54. The van der Waals surface area contributed by atoms with E-state index in [9.17, 15) is 8.78 Å². The Labute approximate surface area is 64.0 Å². The molecule has 0 aromatic carbocycles. The van der Waals surface area contributed by atoms with Crippen LogP contribution in [0.5, 0.6) is 0 Å². The third-order valence-corrected chi connectivity index (χ3v) is 1.71. The van der Waals surface area contributed by atoms with E-state index in [0.717, 1.165) is 6.08 Å². The summed E-state index contributed by atoms with van der Waals surface area (Å²) in [4.78, 5) is 0. The minimum absolute atomic E-state index is 0.119. The first-order valence-corrected chi connectivity index (χ1v) is 3.51. The Hall–Kier alpha value is -0.700. The van der Waals surface area contributed by atoms with Crippen molar-refractivity contribution in [2.75, 3.05) is 6.61 Å². The van der Waals surface area contributed by atoms with Gasteiger partial charge in [0.15, 0.2) is 0 Å². The minimum atomic E-state index is -2.78. The zero-order valence-electron chi connectivity index (χ0n) is 6.00. The van der Waals surface area contributed by atoms with Gasteiger partial charge in [-0.2, -0.15) is 0 Å². The van der Waals surface area contributed by atoms with Gasteiger partial charge in [0.25, 0.3) is 5.92 Å². The number of rotatable bonds is 2. The van der Waals surface area contributed by atoms with Crippen LogP contribution < -0.4 is 0 Å². The van der Waals surface area contributed by atoms with Gasteiger partial charge in [0, 0.05) is 12.5 Å². The van der Waals surface area contributed by atoms with Gasteiger partial charge in [-0.15, -0.1) is 0 Å². The van der Waals surface area contributed by atoms with Gasteiger partial charge in [0.1, 0.15) is 0 Å². The summed E-state index contributed by atoms with van der Waals surface area (Å²) in [5, 5.41) is 8.46. The van der Waals surface area contributed by atoms with Crippen molar-refractivity contribution in [3.63, 3.8) is 0 Å². The van der Waals surface area contributed by atoms with Gasteiger partial charge in [-0.1, -0.05) is 18.2 Å². The molecule has 0 aliphatic heterocycles. The number of aliphatic hydroxyl groups is 1. The standard InChI is InChI=1S/C8H10F2O/c9-8(10)5-2-1-3-7(8)4-6-11/h1-3,5,7,11H,4,6H2/t7-/m1/s1. The summed E-state index contributed by atoms with van der Waals surface area (Å²) < 4.78 is 25.6. The smallest absolute Gasteiger partial charge is 0.273 e. The molecule has 0 spiro atoms. The number of allylic oxidation sites excluding steroid dienone is 4. The van der Waals surface area contributed by atoms with Gasteiger partial charge in [-0.05, 0) is 12.5 Å². The Balaban J connectivity index is 2.64. The molecule has 1 N–H and O–H groups in total. The molecule has 0 heterocycles. The Morgan fingerprint density at radius 1 is 1.36 bits per heavy atom. The van der Waals surface area contributed by atoms with E-state index in [1.165, 1.54) is 12.2 Å². The summed E-state index contributed by atoms with van der Waals surface area (Å²) in [6.45, 7) is -0.196. The van der Waals surface area contributed by atoms with E-state index in [1.54, 1.807) is 6.08 Å². The average molecular weight is 160 g/mol. The van der Waals surface area contributed by atoms with E-state index in [1.807, 2.05) is 0 Å². The summed E-state index contributed by atoms with van der Waals surface area (Å²) in [5.74, 6) is -3.62. The van der Waals surface area contributed by atoms with E-state index < -0.39 is 11.8 Å². The normalized spacial score (nSPS) is 27.4. The molecule has 0 radical (unpaired) electrons. The third-order valence-electron chi connectivity index (χ3n) is 1.71. The fourth-order valence-electron chi connectivity index (χ4n) is 1.06. The quantitative estimate of drug-likeness (QED) is 0.652. The number of hydrogen-bond acceptors (Lipinski definition) is 1. The lowest BCUT2D eigenvalue weighted by atomic mass is 9.94. The van der Waals surface area contributed by atoms with Crippen molar-refractivity contribution in [3.8, 4) is 0 Å². The summed E-state index contributed by atoms with van der Waals surface area (Å²) in [6.07, 6.45) is 5.32. The molecule has 1 aliphatic rings. The first-order chi connectivity index (χ1) is 5.17. The summed E-state index contributed by atoms with van der Waals surface area (Å²) in [5.41, 5.74) is 0. The topological polar surface area (TPSA) is 20.2 Å². The first kappa shape index (κ1) is 8.40. The van der Waals surface area contributed by atoms with Crippen LogP contribution in [-0.2, 0) is 0 Å². The highest BCUT2D eigenvalue weighted by Gasteiger charge is 2.35. The second-order valence-corrected chi connectivity index (χ2v) is 2.54. The van der Waals surface area contributed by atoms with Crippen LogP contribution in [0.25, 0.3) is 0 Å². The molecule has 0 saturated carbocycles. The molecule has 0 aromatic heterocycles. The van der Waals surface area contributed by atoms with E-state index in [0.29, 0.717) is 0 Å². The average Bonchev–Trinajstić information content (AvgIpc) is 1.94. The Bertz CT molecular complexity index is 185. The molecule has 62 valence electrons. The van der Waals surface area contributed by atoms with Crippen LogP contribution in [0.3, 0.4) is 0 Å². The molecule has 3 heteroatoms. The van der Waals surface area contributed by atoms with Crippen molar-refractivity contribution in [1.82, 2.24) is 0 Å². The maximum Gasteiger partial charge on any atom is 0.273 e. The van der Waals surface area contributed by atoms with Crippen LogP contribution in [0.15, 0.2) is 24.3 Å². The SMILES string of the molecule is OCC[C@H]1C=CC=CC1(F)F. The van der Waals surface area contributed by atoms with Gasteiger partial charge in [0.05, 0.1) is 0 Å².